The van der Waals surface area contributed by atoms with E-state index in [1.54, 1.807) is 6.92 Å². The Morgan fingerprint density at radius 3 is 2.52 bits per heavy atom. The largest absolute Gasteiger partial charge is 0.463 e. The Morgan fingerprint density at radius 2 is 1.88 bits per heavy atom. The Hall–Kier alpha value is -3.89. The van der Waals surface area contributed by atoms with Crippen molar-refractivity contribution in [1.82, 2.24) is 20.9 Å². The summed E-state index contributed by atoms with van der Waals surface area (Å²) in [5.74, 6) is -1.58. The van der Waals surface area contributed by atoms with Gasteiger partial charge in [-0.1, -0.05) is 50.3 Å². The second kappa shape index (κ2) is 15.0. The first-order chi connectivity index (χ1) is 19.2. The number of nitrogens with zero attached hydrogens (tertiary/aromatic N) is 1. The topological polar surface area (TPSA) is 143 Å². The number of rotatable bonds is 13. The summed E-state index contributed by atoms with van der Waals surface area (Å²) in [7, 11) is 0. The molecule has 40 heavy (non-hydrogen) atoms. The summed E-state index contributed by atoms with van der Waals surface area (Å²) in [6, 6.07) is 7.02. The highest BCUT2D eigenvalue weighted by atomic mass is 16.5. The van der Waals surface area contributed by atoms with E-state index in [2.05, 4.69) is 16.0 Å². The van der Waals surface area contributed by atoms with Crippen molar-refractivity contribution in [3.63, 3.8) is 0 Å². The van der Waals surface area contributed by atoms with Gasteiger partial charge >= 0.3 is 12.1 Å². The lowest BCUT2D eigenvalue weighted by Crippen LogP contribution is -2.52. The van der Waals surface area contributed by atoms with Crippen LogP contribution in [0, 0.1) is 11.8 Å². The number of likely N-dealkylation sites (tertiary alicyclic amines) is 1. The van der Waals surface area contributed by atoms with Gasteiger partial charge in [0.05, 0.1) is 6.61 Å². The molecular weight excluding hydrogens is 516 g/mol. The van der Waals surface area contributed by atoms with Crippen LogP contribution in [0.25, 0.3) is 0 Å². The summed E-state index contributed by atoms with van der Waals surface area (Å²) in [5.41, 5.74) is 0.826. The van der Waals surface area contributed by atoms with Crippen LogP contribution in [0.15, 0.2) is 42.5 Å². The number of carbonyl (C=O) groups excluding carboxylic acids is 5. The Morgan fingerprint density at radius 1 is 1.12 bits per heavy atom. The highest BCUT2D eigenvalue weighted by molar-refractivity contribution is 5.93. The first-order valence-electron chi connectivity index (χ1n) is 13.9. The average molecular weight is 557 g/mol. The molecule has 0 aliphatic carbocycles. The molecule has 4 atom stereocenters. The number of carbonyl (C=O) groups is 5. The molecule has 0 saturated carbocycles. The number of hydrogen-bond donors (Lipinski definition) is 3. The highest BCUT2D eigenvalue weighted by Crippen LogP contribution is 2.22. The molecule has 1 aromatic rings. The van der Waals surface area contributed by atoms with Gasteiger partial charge in [0.1, 0.15) is 18.7 Å². The first-order valence-corrected chi connectivity index (χ1v) is 13.9. The molecule has 2 heterocycles. The monoisotopic (exact) mass is 556 g/mol. The molecule has 218 valence electrons. The van der Waals surface area contributed by atoms with Crippen molar-refractivity contribution in [3.05, 3.63) is 48.0 Å². The van der Waals surface area contributed by atoms with Gasteiger partial charge < -0.3 is 30.3 Å². The molecule has 0 radical (unpaired) electrons. The smallest absolute Gasteiger partial charge is 0.408 e. The number of nitrogens with one attached hydrogen (secondary N) is 3. The highest BCUT2D eigenvalue weighted by Gasteiger charge is 2.40. The van der Waals surface area contributed by atoms with Crippen molar-refractivity contribution >= 4 is 29.8 Å². The lowest BCUT2D eigenvalue weighted by atomic mass is 9.96. The molecule has 3 N–H and O–H groups in total. The predicted molar refractivity (Wildman–Crippen MR) is 147 cm³/mol. The van der Waals surface area contributed by atoms with Gasteiger partial charge in [-0.2, -0.15) is 0 Å². The molecule has 2 aliphatic rings. The van der Waals surface area contributed by atoms with Crippen molar-refractivity contribution in [2.24, 2.45) is 11.8 Å². The van der Waals surface area contributed by atoms with Crippen molar-refractivity contribution in [1.29, 1.82) is 0 Å². The third kappa shape index (κ3) is 9.10. The van der Waals surface area contributed by atoms with E-state index in [4.69, 9.17) is 9.47 Å². The molecule has 2 aliphatic heterocycles. The van der Waals surface area contributed by atoms with Crippen molar-refractivity contribution in [2.75, 3.05) is 19.7 Å². The van der Waals surface area contributed by atoms with Gasteiger partial charge in [-0.25, -0.2) is 9.59 Å². The van der Waals surface area contributed by atoms with E-state index in [1.165, 1.54) is 17.1 Å². The molecule has 1 aromatic carbocycles. The van der Waals surface area contributed by atoms with E-state index in [1.807, 2.05) is 44.2 Å². The van der Waals surface area contributed by atoms with Crippen LogP contribution in [-0.2, 0) is 35.3 Å². The van der Waals surface area contributed by atoms with E-state index in [0.717, 1.165) is 5.56 Å². The lowest BCUT2D eigenvalue weighted by molar-refractivity contribution is -0.139. The van der Waals surface area contributed by atoms with Crippen LogP contribution >= 0.6 is 0 Å². The van der Waals surface area contributed by atoms with E-state index < -0.39 is 30.2 Å². The minimum absolute atomic E-state index is 0.0788. The molecule has 3 rings (SSSR count). The molecule has 2 saturated heterocycles. The van der Waals surface area contributed by atoms with Crippen molar-refractivity contribution in [2.45, 2.75) is 71.2 Å². The molecule has 0 aromatic heterocycles. The standard InChI is InChI=1S/C29H40N4O7/c1-4-39-25(34)11-10-22(17-21-12-14-30-26(21)35)31-27(36)24(16-19(2)3)33-15-13-23(28(33)37)32-29(38)40-18-20-8-6-5-7-9-20/h5-11,19,21-24H,4,12-18H2,1-3H3,(H,30,35)(H,31,36)(H,32,38)/b11-10+/t21-,22+,23?,24-/m0/s1. The fraction of sp³-hybridized carbons (Fsp3) is 0.552. The Kier molecular flexibility index (Phi) is 11.5. The van der Waals surface area contributed by atoms with Crippen LogP contribution in [0.5, 0.6) is 0 Å². The van der Waals surface area contributed by atoms with Gasteiger partial charge in [-0.3, -0.25) is 14.4 Å². The number of benzene rings is 1. The summed E-state index contributed by atoms with van der Waals surface area (Å²) in [4.78, 5) is 64.8. The third-order valence-corrected chi connectivity index (χ3v) is 6.90. The fourth-order valence-electron chi connectivity index (χ4n) is 4.90. The van der Waals surface area contributed by atoms with Gasteiger partial charge in [0.15, 0.2) is 0 Å². The molecule has 11 nitrogen and oxygen atoms in total. The summed E-state index contributed by atoms with van der Waals surface area (Å²) in [5, 5.41) is 8.35. The van der Waals surface area contributed by atoms with Crippen molar-refractivity contribution < 1.29 is 33.4 Å². The van der Waals surface area contributed by atoms with E-state index in [0.29, 0.717) is 38.8 Å². The molecule has 11 heteroatoms. The second-order valence-corrected chi connectivity index (χ2v) is 10.5. The molecule has 0 spiro atoms. The minimum Gasteiger partial charge on any atom is -0.463 e. The van der Waals surface area contributed by atoms with E-state index >= 15 is 0 Å². The molecule has 1 unspecified atom stereocenters. The summed E-state index contributed by atoms with van der Waals surface area (Å²) >= 11 is 0. The Bertz CT molecular complexity index is 1080. The summed E-state index contributed by atoms with van der Waals surface area (Å²) in [6.45, 7) is 6.76. The summed E-state index contributed by atoms with van der Waals surface area (Å²) in [6.07, 6.45) is 3.77. The maximum Gasteiger partial charge on any atom is 0.408 e. The fourth-order valence-corrected chi connectivity index (χ4v) is 4.90. The molecule has 4 amide bonds. The molecule has 0 bridgehead atoms. The SMILES string of the molecule is CCOC(=O)/C=C/[C@H](C[C@@H]1CCNC1=O)NC(=O)[C@H](CC(C)C)N1CCC(NC(=O)OCc2ccccc2)C1=O. The number of alkyl carbamates (subject to hydrolysis) is 1. The lowest BCUT2D eigenvalue weighted by Gasteiger charge is -2.30. The van der Waals surface area contributed by atoms with Gasteiger partial charge in [0.25, 0.3) is 0 Å². The normalized spacial score (nSPS) is 20.4. The predicted octanol–water partition coefficient (Wildman–Crippen LogP) is 2.06. The van der Waals surface area contributed by atoms with Gasteiger partial charge in [0.2, 0.25) is 17.7 Å². The zero-order chi connectivity index (χ0) is 29.1. The maximum absolute atomic E-state index is 13.6. The number of hydrogen-bond acceptors (Lipinski definition) is 7. The quantitative estimate of drug-likeness (QED) is 0.249. The van der Waals surface area contributed by atoms with Crippen LogP contribution in [0.3, 0.4) is 0 Å². The van der Waals surface area contributed by atoms with Crippen LogP contribution < -0.4 is 16.0 Å². The summed E-state index contributed by atoms with van der Waals surface area (Å²) < 4.78 is 10.2. The Labute approximate surface area is 235 Å². The van der Waals surface area contributed by atoms with E-state index in [9.17, 15) is 24.0 Å². The average Bonchev–Trinajstić information content (AvgIpc) is 3.49. The minimum atomic E-state index is -0.799. The molecular formula is C29H40N4O7. The second-order valence-electron chi connectivity index (χ2n) is 10.5. The third-order valence-electron chi connectivity index (χ3n) is 6.90. The Balaban J connectivity index is 1.65. The van der Waals surface area contributed by atoms with Gasteiger partial charge in [-0.15, -0.1) is 0 Å². The van der Waals surface area contributed by atoms with Gasteiger partial charge in [0, 0.05) is 31.1 Å². The first kappa shape index (κ1) is 30.6. The van der Waals surface area contributed by atoms with Crippen molar-refractivity contribution in [3.8, 4) is 0 Å². The zero-order valence-corrected chi connectivity index (χ0v) is 23.4. The molecule has 2 fully saturated rings. The van der Waals surface area contributed by atoms with Crippen LogP contribution in [-0.4, -0.2) is 72.5 Å². The number of esters is 1. The maximum atomic E-state index is 13.6. The number of amides is 4. The van der Waals surface area contributed by atoms with Crippen LogP contribution in [0.4, 0.5) is 4.79 Å². The van der Waals surface area contributed by atoms with E-state index in [-0.39, 0.29) is 42.8 Å². The van der Waals surface area contributed by atoms with Gasteiger partial charge in [-0.05, 0) is 44.1 Å². The zero-order valence-electron chi connectivity index (χ0n) is 23.4. The number of ether oxygens (including phenoxy) is 2. The van der Waals surface area contributed by atoms with Crippen LogP contribution in [0.2, 0.25) is 0 Å². The van der Waals surface area contributed by atoms with Crippen LogP contribution in [0.1, 0.15) is 52.0 Å².